The summed E-state index contributed by atoms with van der Waals surface area (Å²) in [6.45, 7) is 4.25. The molecule has 0 radical (unpaired) electrons. The molecule has 0 aromatic heterocycles. The minimum Gasteiger partial charge on any atom is -0.394 e. The average Bonchev–Trinajstić information content (AvgIpc) is 3.15. The van der Waals surface area contributed by atoms with Crippen LogP contribution in [0.25, 0.3) is 0 Å². The molecule has 1 amide bonds. The van der Waals surface area contributed by atoms with Crippen LogP contribution < -0.4 is 5.32 Å². The molecule has 4 heteroatoms. The standard InChI is InChI=1S/C48H91NO3/c1-3-5-7-9-11-12-13-14-15-16-17-18-19-20-21-22-23-24-25-26-27-28-29-30-31-32-33-34-35-36-38-40-42-44-48(52)49-46(45-50)47(51)43-41-39-37-10-8-6-4-2/h13-14,16-17,41,43,46-47,50-51H,3-12,15,18-40,42,44-45H2,1-2H3,(H,49,52)/b14-13-,17-16-,43-41+. The molecule has 0 saturated heterocycles. The number of amides is 1. The van der Waals surface area contributed by atoms with E-state index in [-0.39, 0.29) is 12.5 Å². The van der Waals surface area contributed by atoms with Crippen molar-refractivity contribution in [2.45, 2.75) is 257 Å². The molecule has 306 valence electrons. The Kier molecular flexibility index (Phi) is 42.8. The predicted octanol–water partition coefficient (Wildman–Crippen LogP) is 14.6. The first-order valence-electron chi connectivity index (χ1n) is 23.2. The van der Waals surface area contributed by atoms with Crippen LogP contribution in [0.15, 0.2) is 36.5 Å². The lowest BCUT2D eigenvalue weighted by atomic mass is 10.0. The van der Waals surface area contributed by atoms with Crippen LogP contribution in [-0.2, 0) is 4.79 Å². The highest BCUT2D eigenvalue weighted by Gasteiger charge is 2.17. The van der Waals surface area contributed by atoms with Gasteiger partial charge in [0.05, 0.1) is 18.8 Å². The van der Waals surface area contributed by atoms with Crippen LogP contribution in [0.3, 0.4) is 0 Å². The van der Waals surface area contributed by atoms with Crippen molar-refractivity contribution in [1.82, 2.24) is 5.32 Å². The van der Waals surface area contributed by atoms with Gasteiger partial charge in [0.2, 0.25) is 5.91 Å². The van der Waals surface area contributed by atoms with Gasteiger partial charge in [0.15, 0.2) is 0 Å². The molecule has 0 aliphatic heterocycles. The van der Waals surface area contributed by atoms with Gasteiger partial charge in [0.1, 0.15) is 0 Å². The Balaban J connectivity index is 3.37. The number of aliphatic hydroxyl groups is 2. The van der Waals surface area contributed by atoms with Gasteiger partial charge in [-0.1, -0.05) is 224 Å². The first-order chi connectivity index (χ1) is 25.7. The van der Waals surface area contributed by atoms with Crippen LogP contribution in [0.1, 0.15) is 245 Å². The number of carbonyl (C=O) groups is 1. The fourth-order valence-corrected chi connectivity index (χ4v) is 7.03. The Morgan fingerprint density at radius 3 is 1.15 bits per heavy atom. The average molecular weight is 730 g/mol. The van der Waals surface area contributed by atoms with Crippen LogP contribution >= 0.6 is 0 Å². The third-order valence-corrected chi connectivity index (χ3v) is 10.6. The summed E-state index contributed by atoms with van der Waals surface area (Å²) >= 11 is 0. The Hall–Kier alpha value is -1.39. The summed E-state index contributed by atoms with van der Waals surface area (Å²) in [6, 6.07) is -0.616. The van der Waals surface area contributed by atoms with Crippen LogP contribution in [0.4, 0.5) is 0 Å². The summed E-state index contributed by atoms with van der Waals surface area (Å²) in [5.74, 6) is -0.0659. The summed E-state index contributed by atoms with van der Waals surface area (Å²) in [7, 11) is 0. The van der Waals surface area contributed by atoms with E-state index in [4.69, 9.17) is 0 Å². The molecule has 0 saturated carbocycles. The first kappa shape index (κ1) is 50.6. The van der Waals surface area contributed by atoms with Crippen molar-refractivity contribution < 1.29 is 15.0 Å². The van der Waals surface area contributed by atoms with E-state index in [0.29, 0.717) is 6.42 Å². The molecule has 0 aromatic rings. The third-order valence-electron chi connectivity index (χ3n) is 10.6. The molecule has 3 N–H and O–H groups in total. The Bertz CT molecular complexity index is 790. The van der Waals surface area contributed by atoms with Gasteiger partial charge in [0, 0.05) is 6.42 Å². The van der Waals surface area contributed by atoms with Gasteiger partial charge in [-0.15, -0.1) is 0 Å². The number of unbranched alkanes of at least 4 members (excludes halogenated alkanes) is 31. The lowest BCUT2D eigenvalue weighted by Gasteiger charge is -2.20. The van der Waals surface area contributed by atoms with Crippen molar-refractivity contribution in [1.29, 1.82) is 0 Å². The Morgan fingerprint density at radius 2 is 0.788 bits per heavy atom. The quantitative estimate of drug-likeness (QED) is 0.0433. The lowest BCUT2D eigenvalue weighted by Crippen LogP contribution is -2.45. The van der Waals surface area contributed by atoms with E-state index in [1.165, 1.54) is 193 Å². The van der Waals surface area contributed by atoms with Gasteiger partial charge in [0.25, 0.3) is 0 Å². The van der Waals surface area contributed by atoms with E-state index in [1.54, 1.807) is 6.08 Å². The van der Waals surface area contributed by atoms with Crippen LogP contribution in [0.2, 0.25) is 0 Å². The number of hydrogen-bond acceptors (Lipinski definition) is 3. The Morgan fingerprint density at radius 1 is 0.462 bits per heavy atom. The first-order valence-corrected chi connectivity index (χ1v) is 23.2. The summed E-state index contributed by atoms with van der Waals surface area (Å²) in [4.78, 5) is 12.3. The molecule has 0 spiro atoms. The second-order valence-electron chi connectivity index (χ2n) is 15.8. The molecule has 2 atom stereocenters. The topological polar surface area (TPSA) is 69.6 Å². The fourth-order valence-electron chi connectivity index (χ4n) is 7.03. The van der Waals surface area contributed by atoms with E-state index in [1.807, 2.05) is 6.08 Å². The largest absolute Gasteiger partial charge is 0.394 e. The van der Waals surface area contributed by atoms with Crippen molar-refractivity contribution in [3.63, 3.8) is 0 Å². The SMILES string of the molecule is CCCCCCC/C=C\C/C=C\CCCCCCCCCCCCCCCCCCCCCCCC(=O)NC(CO)C(O)/C=C/CCCCCCC. The number of carbonyl (C=O) groups excluding carboxylic acids is 1. The zero-order chi connectivity index (χ0) is 37.8. The number of aliphatic hydroxyl groups excluding tert-OH is 2. The number of allylic oxidation sites excluding steroid dienone is 5. The molecule has 4 nitrogen and oxygen atoms in total. The third kappa shape index (κ3) is 39.8. The molecular weight excluding hydrogens is 639 g/mol. The molecule has 2 unspecified atom stereocenters. The van der Waals surface area contributed by atoms with Crippen molar-refractivity contribution in [3.8, 4) is 0 Å². The van der Waals surface area contributed by atoms with E-state index in [2.05, 4.69) is 43.5 Å². The normalized spacial score (nSPS) is 13.2. The number of rotatable bonds is 42. The zero-order valence-electron chi connectivity index (χ0n) is 35.1. The van der Waals surface area contributed by atoms with Crippen LogP contribution in [0.5, 0.6) is 0 Å². The molecule has 52 heavy (non-hydrogen) atoms. The second kappa shape index (κ2) is 44.0. The highest BCUT2D eigenvalue weighted by atomic mass is 16.3. The molecule has 0 bridgehead atoms. The van der Waals surface area contributed by atoms with Crippen LogP contribution in [-0.4, -0.2) is 34.9 Å². The van der Waals surface area contributed by atoms with Gasteiger partial charge in [-0.2, -0.15) is 0 Å². The maximum absolute atomic E-state index is 12.3. The van der Waals surface area contributed by atoms with E-state index < -0.39 is 12.1 Å². The van der Waals surface area contributed by atoms with Crippen molar-refractivity contribution in [2.75, 3.05) is 6.61 Å². The van der Waals surface area contributed by atoms with Gasteiger partial charge >= 0.3 is 0 Å². The number of hydrogen-bond donors (Lipinski definition) is 3. The lowest BCUT2D eigenvalue weighted by molar-refractivity contribution is -0.123. The maximum Gasteiger partial charge on any atom is 0.220 e. The van der Waals surface area contributed by atoms with E-state index >= 15 is 0 Å². The second-order valence-corrected chi connectivity index (χ2v) is 15.8. The predicted molar refractivity (Wildman–Crippen MR) is 230 cm³/mol. The minimum absolute atomic E-state index is 0.0659. The zero-order valence-corrected chi connectivity index (χ0v) is 35.1. The smallest absolute Gasteiger partial charge is 0.220 e. The van der Waals surface area contributed by atoms with Crippen molar-refractivity contribution in [3.05, 3.63) is 36.5 Å². The van der Waals surface area contributed by atoms with Gasteiger partial charge in [-0.3, -0.25) is 4.79 Å². The highest BCUT2D eigenvalue weighted by molar-refractivity contribution is 5.76. The molecule has 0 fully saturated rings. The maximum atomic E-state index is 12.3. The molecule has 0 heterocycles. The summed E-state index contributed by atoms with van der Waals surface area (Å²) in [6.07, 6.45) is 58.7. The molecular formula is C48H91NO3. The van der Waals surface area contributed by atoms with Crippen LogP contribution in [0, 0.1) is 0 Å². The molecule has 0 aliphatic rings. The van der Waals surface area contributed by atoms with Gasteiger partial charge in [-0.05, 0) is 51.4 Å². The summed E-state index contributed by atoms with van der Waals surface area (Å²) < 4.78 is 0. The monoisotopic (exact) mass is 730 g/mol. The molecule has 0 aromatic carbocycles. The van der Waals surface area contributed by atoms with Gasteiger partial charge < -0.3 is 15.5 Å². The fraction of sp³-hybridized carbons (Fsp3) is 0.854. The molecule has 0 aliphatic carbocycles. The minimum atomic E-state index is -0.833. The van der Waals surface area contributed by atoms with Crippen molar-refractivity contribution in [2.24, 2.45) is 0 Å². The number of nitrogens with one attached hydrogen (secondary N) is 1. The van der Waals surface area contributed by atoms with E-state index in [9.17, 15) is 15.0 Å². The summed E-state index contributed by atoms with van der Waals surface area (Å²) in [5.41, 5.74) is 0. The van der Waals surface area contributed by atoms with Crippen molar-refractivity contribution >= 4 is 5.91 Å². The summed E-state index contributed by atoms with van der Waals surface area (Å²) in [5, 5.41) is 22.8. The highest BCUT2D eigenvalue weighted by Crippen LogP contribution is 2.16. The Labute approximate surface area is 325 Å². The molecule has 0 rings (SSSR count). The van der Waals surface area contributed by atoms with E-state index in [0.717, 1.165) is 32.1 Å². The van der Waals surface area contributed by atoms with Gasteiger partial charge in [-0.25, -0.2) is 0 Å².